The quantitative estimate of drug-likeness (QED) is 0.805. The lowest BCUT2D eigenvalue weighted by molar-refractivity contribution is -0.133. The van der Waals surface area contributed by atoms with Crippen molar-refractivity contribution in [2.45, 2.75) is 25.7 Å². The van der Waals surface area contributed by atoms with Gasteiger partial charge in [-0.1, -0.05) is 41.4 Å². The van der Waals surface area contributed by atoms with Gasteiger partial charge in [0.25, 0.3) is 0 Å². The Labute approximate surface area is 111 Å². The zero-order valence-electron chi connectivity index (χ0n) is 9.74. The van der Waals surface area contributed by atoms with Gasteiger partial charge in [0, 0.05) is 0 Å². The second-order valence-electron chi connectivity index (χ2n) is 4.40. The average molecular weight is 273 g/mol. The fourth-order valence-corrected chi connectivity index (χ4v) is 1.95. The van der Waals surface area contributed by atoms with E-state index in [4.69, 9.17) is 32.7 Å². The molecule has 0 unspecified atom stereocenters. The van der Waals surface area contributed by atoms with E-state index in [1.807, 2.05) is 38.1 Å². The third kappa shape index (κ3) is 3.46. The largest absolute Gasteiger partial charge is 0.347 e. The molecule has 17 heavy (non-hydrogen) atoms. The Morgan fingerprint density at radius 3 is 2.65 bits per heavy atom. The molecule has 0 aromatic heterocycles. The van der Waals surface area contributed by atoms with Crippen molar-refractivity contribution in [2.24, 2.45) is 0 Å². The molecule has 1 atom stereocenters. The van der Waals surface area contributed by atoms with Crippen LogP contribution in [0.5, 0.6) is 0 Å². The van der Waals surface area contributed by atoms with Gasteiger partial charge in [0.05, 0.1) is 16.7 Å². The van der Waals surface area contributed by atoms with Gasteiger partial charge in [-0.3, -0.25) is 0 Å². The molecule has 1 saturated heterocycles. The Bertz CT molecular complexity index is 441. The Hall–Kier alpha value is -0.540. The summed E-state index contributed by atoms with van der Waals surface area (Å²) in [6.45, 7) is 4.38. The number of hydrogen-bond acceptors (Lipinski definition) is 2. The van der Waals surface area contributed by atoms with Crippen molar-refractivity contribution in [1.82, 2.24) is 0 Å². The summed E-state index contributed by atoms with van der Waals surface area (Å²) in [5, 5.41) is 1.11. The van der Waals surface area contributed by atoms with Crippen molar-refractivity contribution in [3.8, 4) is 0 Å². The molecule has 0 amide bonds. The van der Waals surface area contributed by atoms with Crippen LogP contribution in [-0.2, 0) is 9.47 Å². The number of rotatable bonds is 2. The van der Waals surface area contributed by atoms with Crippen LogP contribution in [0.15, 0.2) is 24.3 Å². The molecule has 1 aliphatic heterocycles. The van der Waals surface area contributed by atoms with Gasteiger partial charge in [0.1, 0.15) is 6.10 Å². The van der Waals surface area contributed by atoms with Crippen LogP contribution in [0.1, 0.15) is 19.4 Å². The zero-order valence-corrected chi connectivity index (χ0v) is 11.3. The maximum Gasteiger partial charge on any atom is 0.163 e. The average Bonchev–Trinajstić information content (AvgIpc) is 2.60. The summed E-state index contributed by atoms with van der Waals surface area (Å²) in [6, 6.07) is 5.51. The van der Waals surface area contributed by atoms with Gasteiger partial charge in [-0.15, -0.1) is 0 Å². The van der Waals surface area contributed by atoms with Crippen LogP contribution >= 0.6 is 23.2 Å². The van der Waals surface area contributed by atoms with E-state index >= 15 is 0 Å². The lowest BCUT2D eigenvalue weighted by atomic mass is 10.2. The fourth-order valence-electron chi connectivity index (χ4n) is 1.64. The first kappa shape index (κ1) is 12.9. The number of benzene rings is 1. The summed E-state index contributed by atoms with van der Waals surface area (Å²) in [4.78, 5) is 0. The highest BCUT2D eigenvalue weighted by Gasteiger charge is 2.30. The maximum absolute atomic E-state index is 5.93. The molecule has 92 valence electrons. The van der Waals surface area contributed by atoms with Crippen molar-refractivity contribution >= 4 is 29.3 Å². The van der Waals surface area contributed by atoms with Gasteiger partial charge < -0.3 is 9.47 Å². The van der Waals surface area contributed by atoms with E-state index in [0.717, 1.165) is 5.56 Å². The van der Waals surface area contributed by atoms with Crippen molar-refractivity contribution in [2.75, 3.05) is 6.61 Å². The summed E-state index contributed by atoms with van der Waals surface area (Å²) in [6.07, 6.45) is 3.91. The van der Waals surface area contributed by atoms with E-state index in [-0.39, 0.29) is 6.10 Å². The lowest BCUT2D eigenvalue weighted by Gasteiger charge is -2.15. The number of hydrogen-bond donors (Lipinski definition) is 0. The Morgan fingerprint density at radius 2 is 2.06 bits per heavy atom. The van der Waals surface area contributed by atoms with E-state index in [0.29, 0.717) is 16.7 Å². The van der Waals surface area contributed by atoms with Crippen LogP contribution in [0.4, 0.5) is 0 Å². The minimum atomic E-state index is -0.493. The SMILES string of the molecule is CC1(C)OC[C@@H](/C=C/c2ccc(Cl)c(Cl)c2)O1. The molecular weight excluding hydrogens is 259 g/mol. The molecule has 1 aromatic carbocycles. The molecule has 4 heteroatoms. The second-order valence-corrected chi connectivity index (χ2v) is 5.21. The van der Waals surface area contributed by atoms with E-state index in [2.05, 4.69) is 0 Å². The topological polar surface area (TPSA) is 18.5 Å². The van der Waals surface area contributed by atoms with Crippen molar-refractivity contribution in [3.05, 3.63) is 39.9 Å². The smallest absolute Gasteiger partial charge is 0.163 e. The Morgan fingerprint density at radius 1 is 1.29 bits per heavy atom. The molecule has 1 heterocycles. The Kier molecular flexibility index (Phi) is 3.79. The van der Waals surface area contributed by atoms with Gasteiger partial charge in [-0.2, -0.15) is 0 Å². The third-order valence-electron chi connectivity index (χ3n) is 2.48. The van der Waals surface area contributed by atoms with E-state index < -0.39 is 5.79 Å². The lowest BCUT2D eigenvalue weighted by Crippen LogP contribution is -2.20. The molecule has 2 rings (SSSR count). The second kappa shape index (κ2) is 4.99. The molecule has 1 fully saturated rings. The highest BCUT2D eigenvalue weighted by Crippen LogP contribution is 2.25. The minimum absolute atomic E-state index is 0.0144. The molecule has 1 aromatic rings. The summed E-state index contributed by atoms with van der Waals surface area (Å²) in [5.74, 6) is -0.493. The van der Waals surface area contributed by atoms with Gasteiger partial charge in [-0.25, -0.2) is 0 Å². The predicted molar refractivity (Wildman–Crippen MR) is 70.4 cm³/mol. The first-order chi connectivity index (χ1) is 7.96. The fraction of sp³-hybridized carbons (Fsp3) is 0.385. The van der Waals surface area contributed by atoms with Crippen LogP contribution in [-0.4, -0.2) is 18.5 Å². The van der Waals surface area contributed by atoms with Crippen LogP contribution in [0.3, 0.4) is 0 Å². The van der Waals surface area contributed by atoms with Gasteiger partial charge in [0.2, 0.25) is 0 Å². The van der Waals surface area contributed by atoms with Gasteiger partial charge >= 0.3 is 0 Å². The maximum atomic E-state index is 5.93. The van der Waals surface area contributed by atoms with E-state index in [1.54, 1.807) is 6.07 Å². The normalized spacial score (nSPS) is 23.4. The van der Waals surface area contributed by atoms with Crippen LogP contribution in [0, 0.1) is 0 Å². The molecule has 0 aliphatic carbocycles. The Balaban J connectivity index is 2.03. The first-order valence-electron chi connectivity index (χ1n) is 5.41. The molecule has 0 radical (unpaired) electrons. The van der Waals surface area contributed by atoms with E-state index in [1.165, 1.54) is 0 Å². The van der Waals surface area contributed by atoms with Crippen LogP contribution < -0.4 is 0 Å². The summed E-state index contributed by atoms with van der Waals surface area (Å²) < 4.78 is 11.1. The molecular formula is C13H14Cl2O2. The highest BCUT2D eigenvalue weighted by molar-refractivity contribution is 6.42. The van der Waals surface area contributed by atoms with E-state index in [9.17, 15) is 0 Å². The summed E-state index contributed by atoms with van der Waals surface area (Å²) in [7, 11) is 0. The van der Waals surface area contributed by atoms with Crippen LogP contribution in [0.25, 0.3) is 6.08 Å². The van der Waals surface area contributed by atoms with Crippen molar-refractivity contribution in [1.29, 1.82) is 0 Å². The third-order valence-corrected chi connectivity index (χ3v) is 3.22. The first-order valence-corrected chi connectivity index (χ1v) is 6.17. The summed E-state index contributed by atoms with van der Waals surface area (Å²) >= 11 is 11.8. The molecule has 0 N–H and O–H groups in total. The molecule has 1 aliphatic rings. The summed E-state index contributed by atoms with van der Waals surface area (Å²) in [5.41, 5.74) is 0.993. The molecule has 0 bridgehead atoms. The minimum Gasteiger partial charge on any atom is -0.347 e. The standard InChI is InChI=1S/C13H14Cl2O2/c1-13(2)16-8-10(17-13)5-3-9-4-6-11(14)12(15)7-9/h3-7,10H,8H2,1-2H3/b5-3+/t10-/m1/s1. The predicted octanol–water partition coefficient (Wildman–Crippen LogP) is 4.16. The number of ether oxygens (including phenoxy) is 2. The number of halogens is 2. The molecule has 0 spiro atoms. The molecule has 2 nitrogen and oxygen atoms in total. The molecule has 0 saturated carbocycles. The monoisotopic (exact) mass is 272 g/mol. The van der Waals surface area contributed by atoms with Gasteiger partial charge in [-0.05, 0) is 31.5 Å². The van der Waals surface area contributed by atoms with Crippen molar-refractivity contribution < 1.29 is 9.47 Å². The van der Waals surface area contributed by atoms with Crippen molar-refractivity contribution in [3.63, 3.8) is 0 Å². The van der Waals surface area contributed by atoms with Gasteiger partial charge in [0.15, 0.2) is 5.79 Å². The zero-order chi connectivity index (χ0) is 12.5. The highest BCUT2D eigenvalue weighted by atomic mass is 35.5. The van der Waals surface area contributed by atoms with Crippen LogP contribution in [0.2, 0.25) is 10.0 Å².